The third-order valence-electron chi connectivity index (χ3n) is 2.81. The van der Waals surface area contributed by atoms with Crippen molar-refractivity contribution < 1.29 is 13.2 Å². The zero-order valence-electron chi connectivity index (χ0n) is 9.17. The molecular weight excluding hydrogens is 240 g/mol. The number of nitrogens with two attached hydrogens (primary N) is 1. The quantitative estimate of drug-likeness (QED) is 0.772. The van der Waals surface area contributed by atoms with Gasteiger partial charge in [0.15, 0.2) is 0 Å². The van der Waals surface area contributed by atoms with Crippen molar-refractivity contribution in [2.24, 2.45) is 5.73 Å². The van der Waals surface area contributed by atoms with Crippen LogP contribution in [0.4, 0.5) is 0 Å². The molecule has 1 amide bonds. The second kappa shape index (κ2) is 4.46. The second-order valence-corrected chi connectivity index (χ2v) is 6.11. The van der Waals surface area contributed by atoms with E-state index in [4.69, 9.17) is 5.73 Å². The highest BCUT2D eigenvalue weighted by Crippen LogP contribution is 2.45. The molecule has 0 heterocycles. The fraction of sp³-hybridized carbons (Fsp3) is 0.364. The number of rotatable bonds is 5. The average Bonchev–Trinajstić information content (AvgIpc) is 3.08. The summed E-state index contributed by atoms with van der Waals surface area (Å²) in [4.78, 5) is 10.5. The van der Waals surface area contributed by atoms with Gasteiger partial charge in [-0.3, -0.25) is 4.79 Å². The van der Waals surface area contributed by atoms with E-state index in [1.54, 1.807) is 0 Å². The number of benzene rings is 1. The van der Waals surface area contributed by atoms with Crippen LogP contribution < -0.4 is 10.5 Å². The molecule has 2 atom stereocenters. The largest absolute Gasteiger partial charge is 0.369 e. The normalized spacial score (nSPS) is 23.3. The minimum atomic E-state index is -3.43. The highest BCUT2D eigenvalue weighted by atomic mass is 32.2. The van der Waals surface area contributed by atoms with Crippen molar-refractivity contribution in [2.45, 2.75) is 17.6 Å². The molecule has 0 aliphatic heterocycles. The SMILES string of the molecule is NC(=O)CNS(=O)(=O)C1CC1c1ccccc1. The third-order valence-corrected chi connectivity index (χ3v) is 4.67. The Kier molecular flexibility index (Phi) is 3.17. The molecule has 2 rings (SSSR count). The smallest absolute Gasteiger partial charge is 0.232 e. The van der Waals surface area contributed by atoms with Gasteiger partial charge in [0, 0.05) is 5.92 Å². The summed E-state index contributed by atoms with van der Waals surface area (Å²) in [5.41, 5.74) is 5.92. The molecule has 1 aromatic rings. The molecule has 1 fully saturated rings. The monoisotopic (exact) mass is 254 g/mol. The summed E-state index contributed by atoms with van der Waals surface area (Å²) < 4.78 is 25.7. The molecule has 6 heteroatoms. The van der Waals surface area contributed by atoms with Gasteiger partial charge >= 0.3 is 0 Å². The van der Waals surface area contributed by atoms with Crippen LogP contribution in [0.5, 0.6) is 0 Å². The van der Waals surface area contributed by atoms with E-state index in [0.29, 0.717) is 6.42 Å². The summed E-state index contributed by atoms with van der Waals surface area (Å²) >= 11 is 0. The predicted molar refractivity (Wildman–Crippen MR) is 63.7 cm³/mol. The molecule has 1 aliphatic rings. The maximum atomic E-state index is 11.8. The van der Waals surface area contributed by atoms with E-state index >= 15 is 0 Å². The summed E-state index contributed by atoms with van der Waals surface area (Å²) in [6, 6.07) is 9.48. The zero-order chi connectivity index (χ0) is 12.5. The van der Waals surface area contributed by atoms with E-state index < -0.39 is 21.2 Å². The zero-order valence-corrected chi connectivity index (χ0v) is 9.98. The van der Waals surface area contributed by atoms with E-state index in [2.05, 4.69) is 4.72 Å². The topological polar surface area (TPSA) is 89.3 Å². The van der Waals surface area contributed by atoms with Crippen molar-refractivity contribution in [1.82, 2.24) is 4.72 Å². The van der Waals surface area contributed by atoms with Gasteiger partial charge in [0.25, 0.3) is 0 Å². The highest BCUT2D eigenvalue weighted by molar-refractivity contribution is 7.90. The van der Waals surface area contributed by atoms with E-state index in [9.17, 15) is 13.2 Å². The number of primary amides is 1. The van der Waals surface area contributed by atoms with Gasteiger partial charge in [-0.15, -0.1) is 0 Å². The molecule has 1 aromatic carbocycles. The minimum absolute atomic E-state index is 0.0292. The van der Waals surface area contributed by atoms with E-state index in [-0.39, 0.29) is 12.5 Å². The van der Waals surface area contributed by atoms with Crippen molar-refractivity contribution >= 4 is 15.9 Å². The van der Waals surface area contributed by atoms with Gasteiger partial charge in [-0.05, 0) is 12.0 Å². The first-order valence-electron chi connectivity index (χ1n) is 5.32. The number of nitrogens with one attached hydrogen (secondary N) is 1. The standard InChI is InChI=1S/C11H14N2O3S/c12-11(14)7-13-17(15,16)10-6-9(10)8-4-2-1-3-5-8/h1-5,9-10,13H,6-7H2,(H2,12,14). The van der Waals surface area contributed by atoms with Crippen molar-refractivity contribution in [2.75, 3.05) is 6.54 Å². The van der Waals surface area contributed by atoms with Crippen molar-refractivity contribution in [3.63, 3.8) is 0 Å². The Morgan fingerprint density at radius 1 is 1.35 bits per heavy atom. The lowest BCUT2D eigenvalue weighted by atomic mass is 10.1. The third kappa shape index (κ3) is 2.83. The first kappa shape index (κ1) is 12.1. The van der Waals surface area contributed by atoms with E-state index in [1.165, 1.54) is 0 Å². The van der Waals surface area contributed by atoms with Gasteiger partial charge < -0.3 is 5.73 Å². The lowest BCUT2D eigenvalue weighted by Crippen LogP contribution is -2.35. The lowest BCUT2D eigenvalue weighted by molar-refractivity contribution is -0.116. The molecule has 0 bridgehead atoms. The van der Waals surface area contributed by atoms with Gasteiger partial charge in [-0.1, -0.05) is 30.3 Å². The lowest BCUT2D eigenvalue weighted by Gasteiger charge is -2.04. The first-order chi connectivity index (χ1) is 8.00. The van der Waals surface area contributed by atoms with E-state index in [1.807, 2.05) is 30.3 Å². The van der Waals surface area contributed by atoms with Gasteiger partial charge in [-0.2, -0.15) is 0 Å². The molecule has 1 aliphatic carbocycles. The number of amides is 1. The Hall–Kier alpha value is -1.40. The van der Waals surface area contributed by atoms with E-state index in [0.717, 1.165) is 5.56 Å². The Bertz CT molecular complexity index is 513. The van der Waals surface area contributed by atoms with Crippen LogP contribution in [0.1, 0.15) is 17.9 Å². The van der Waals surface area contributed by atoms with Crippen LogP contribution >= 0.6 is 0 Å². The summed E-state index contributed by atoms with van der Waals surface area (Å²) in [6.07, 6.45) is 0.595. The molecule has 0 aromatic heterocycles. The van der Waals surface area contributed by atoms with Crippen LogP contribution in [0.25, 0.3) is 0 Å². The van der Waals surface area contributed by atoms with Crippen molar-refractivity contribution in [3.8, 4) is 0 Å². The molecule has 0 radical (unpaired) electrons. The average molecular weight is 254 g/mol. The van der Waals surface area contributed by atoms with Crippen molar-refractivity contribution in [1.29, 1.82) is 0 Å². The maximum Gasteiger partial charge on any atom is 0.232 e. The summed E-state index contributed by atoms with van der Waals surface area (Å²) in [7, 11) is -3.43. The Labute approximate surface area is 100 Å². The first-order valence-corrected chi connectivity index (χ1v) is 6.87. The molecule has 17 heavy (non-hydrogen) atoms. The molecule has 0 saturated heterocycles. The molecule has 5 nitrogen and oxygen atoms in total. The maximum absolute atomic E-state index is 11.8. The van der Waals surface area contributed by atoms with Crippen LogP contribution in [0.15, 0.2) is 30.3 Å². The fourth-order valence-corrected chi connectivity index (χ4v) is 3.45. The van der Waals surface area contributed by atoms with Crippen LogP contribution in [-0.2, 0) is 14.8 Å². The number of carbonyl (C=O) groups is 1. The van der Waals surface area contributed by atoms with Gasteiger partial charge in [-0.25, -0.2) is 13.1 Å². The van der Waals surface area contributed by atoms with Gasteiger partial charge in [0.2, 0.25) is 15.9 Å². The molecule has 0 spiro atoms. The Morgan fingerprint density at radius 2 is 2.00 bits per heavy atom. The molecular formula is C11H14N2O3S. The van der Waals surface area contributed by atoms with Crippen LogP contribution in [-0.4, -0.2) is 26.1 Å². The number of hydrogen-bond acceptors (Lipinski definition) is 3. The van der Waals surface area contributed by atoms with Gasteiger partial charge in [0.1, 0.15) is 0 Å². The molecule has 3 N–H and O–H groups in total. The fourth-order valence-electron chi connectivity index (χ4n) is 1.84. The summed E-state index contributed by atoms with van der Waals surface area (Å²) in [6.45, 7) is -0.333. The summed E-state index contributed by atoms with van der Waals surface area (Å²) in [5, 5.41) is -0.441. The Morgan fingerprint density at radius 3 is 2.59 bits per heavy atom. The number of carbonyl (C=O) groups excluding carboxylic acids is 1. The molecule has 1 saturated carbocycles. The molecule has 2 unspecified atom stereocenters. The van der Waals surface area contributed by atoms with Crippen molar-refractivity contribution in [3.05, 3.63) is 35.9 Å². The minimum Gasteiger partial charge on any atom is -0.369 e. The van der Waals surface area contributed by atoms with Gasteiger partial charge in [0.05, 0.1) is 11.8 Å². The van der Waals surface area contributed by atoms with Crippen LogP contribution in [0, 0.1) is 0 Å². The molecule has 92 valence electrons. The highest BCUT2D eigenvalue weighted by Gasteiger charge is 2.47. The summed E-state index contributed by atoms with van der Waals surface area (Å²) in [5.74, 6) is -0.646. The van der Waals surface area contributed by atoms with Crippen LogP contribution in [0.3, 0.4) is 0 Å². The van der Waals surface area contributed by atoms with Crippen LogP contribution in [0.2, 0.25) is 0 Å². The second-order valence-electron chi connectivity index (χ2n) is 4.12. The number of sulfonamides is 1. The Balaban J connectivity index is 2.01. The predicted octanol–water partition coefficient (Wildman–Crippen LogP) is -0.0528. The number of hydrogen-bond donors (Lipinski definition) is 2.